The lowest BCUT2D eigenvalue weighted by Gasteiger charge is -2.44. The molecule has 1 aliphatic rings. The van der Waals surface area contributed by atoms with Crippen molar-refractivity contribution in [1.29, 1.82) is 0 Å². The van der Waals surface area contributed by atoms with Crippen LogP contribution >= 0.6 is 22.6 Å². The summed E-state index contributed by atoms with van der Waals surface area (Å²) in [4.78, 5) is 0. The molecule has 0 aromatic heterocycles. The van der Waals surface area contributed by atoms with Gasteiger partial charge >= 0.3 is 0 Å². The summed E-state index contributed by atoms with van der Waals surface area (Å²) in [5.41, 5.74) is 6.85. The quantitative estimate of drug-likeness (QED) is 0.430. The van der Waals surface area contributed by atoms with Crippen LogP contribution in [0.2, 0.25) is 0 Å². The highest BCUT2D eigenvalue weighted by Crippen LogP contribution is 2.43. The molecule has 0 aliphatic heterocycles. The van der Waals surface area contributed by atoms with Gasteiger partial charge in [0.1, 0.15) is 0 Å². The number of hydrogen-bond acceptors (Lipinski definition) is 2. The first-order valence-corrected chi connectivity index (χ1v) is 10.4. The van der Waals surface area contributed by atoms with Gasteiger partial charge in [-0.3, -0.25) is 0 Å². The molecule has 0 aromatic carbocycles. The van der Waals surface area contributed by atoms with Crippen LogP contribution in [0.4, 0.5) is 0 Å². The third kappa shape index (κ3) is 4.83. The van der Waals surface area contributed by atoms with Crippen LogP contribution in [0.5, 0.6) is 0 Å². The molecule has 0 amide bonds. The second-order valence-electron chi connectivity index (χ2n) is 8.60. The Bertz CT molecular complexity index is 337. The molecule has 6 atom stereocenters. The van der Waals surface area contributed by atoms with E-state index in [1.54, 1.807) is 0 Å². The highest BCUT2D eigenvalue weighted by molar-refractivity contribution is 14.1. The van der Waals surface area contributed by atoms with Crippen LogP contribution in [-0.4, -0.2) is 21.7 Å². The molecule has 0 saturated heterocycles. The summed E-state index contributed by atoms with van der Waals surface area (Å²) in [5, 5.41) is 0. The van der Waals surface area contributed by atoms with E-state index in [1.807, 2.05) is 0 Å². The Balaban J connectivity index is 2.95. The van der Waals surface area contributed by atoms with Gasteiger partial charge in [0.05, 0.1) is 12.2 Å². The van der Waals surface area contributed by atoms with Gasteiger partial charge in [0.15, 0.2) is 0 Å². The third-order valence-electron chi connectivity index (χ3n) is 5.89. The molecule has 0 bridgehead atoms. The topological polar surface area (TPSA) is 35.2 Å². The molecule has 132 valence electrons. The van der Waals surface area contributed by atoms with Crippen LogP contribution in [0.15, 0.2) is 0 Å². The first-order valence-electron chi connectivity index (χ1n) is 9.14. The summed E-state index contributed by atoms with van der Waals surface area (Å²) in [6.07, 6.45) is 6.52. The van der Waals surface area contributed by atoms with E-state index in [4.69, 9.17) is 10.5 Å². The van der Waals surface area contributed by atoms with E-state index in [1.165, 1.54) is 19.3 Å². The Kier molecular flexibility index (Phi) is 7.67. The van der Waals surface area contributed by atoms with Crippen molar-refractivity contribution in [1.82, 2.24) is 0 Å². The van der Waals surface area contributed by atoms with Gasteiger partial charge in [0.25, 0.3) is 0 Å². The normalized spacial score (nSPS) is 29.9. The first kappa shape index (κ1) is 20.7. The van der Waals surface area contributed by atoms with Crippen molar-refractivity contribution in [2.75, 3.05) is 0 Å². The minimum Gasteiger partial charge on any atom is -0.372 e. The van der Waals surface area contributed by atoms with Gasteiger partial charge in [-0.25, -0.2) is 0 Å². The molecule has 3 heteroatoms. The molecular weight excluding hydrogens is 385 g/mol. The molecule has 0 radical (unpaired) electrons. The number of alkyl halides is 1. The summed E-state index contributed by atoms with van der Waals surface area (Å²) < 4.78 is 7.23. The van der Waals surface area contributed by atoms with Crippen LogP contribution in [0.1, 0.15) is 80.6 Å². The number of ether oxygens (including phenoxy) is 1. The number of hydrogen-bond donors (Lipinski definition) is 1. The zero-order chi connectivity index (χ0) is 17.1. The summed E-state index contributed by atoms with van der Waals surface area (Å²) in [6, 6.07) is 0. The van der Waals surface area contributed by atoms with Crippen LogP contribution in [-0.2, 0) is 4.74 Å². The molecule has 1 fully saturated rings. The lowest BCUT2D eigenvalue weighted by molar-refractivity contribution is -0.0900. The van der Waals surface area contributed by atoms with E-state index in [0.717, 1.165) is 12.8 Å². The lowest BCUT2D eigenvalue weighted by atomic mass is 9.77. The van der Waals surface area contributed by atoms with E-state index in [0.29, 0.717) is 27.3 Å². The first-order chi connectivity index (χ1) is 10.1. The Morgan fingerprint density at radius 2 is 1.73 bits per heavy atom. The van der Waals surface area contributed by atoms with E-state index in [2.05, 4.69) is 71.1 Å². The summed E-state index contributed by atoms with van der Waals surface area (Å²) in [6.45, 7) is 16.0. The molecule has 0 aromatic rings. The maximum Gasteiger partial charge on any atom is 0.0875 e. The fourth-order valence-electron chi connectivity index (χ4n) is 3.82. The van der Waals surface area contributed by atoms with Gasteiger partial charge in [-0.15, -0.1) is 0 Å². The minimum atomic E-state index is -0.262. The Hall–Kier alpha value is 0.650. The van der Waals surface area contributed by atoms with Crippen molar-refractivity contribution in [2.45, 2.75) is 102 Å². The minimum absolute atomic E-state index is 0.140. The smallest absolute Gasteiger partial charge is 0.0875 e. The highest BCUT2D eigenvalue weighted by Gasteiger charge is 2.44. The predicted octanol–water partition coefficient (Wildman–Crippen LogP) is 5.56. The van der Waals surface area contributed by atoms with Gasteiger partial charge in [-0.05, 0) is 43.4 Å². The molecule has 22 heavy (non-hydrogen) atoms. The van der Waals surface area contributed by atoms with Crippen LogP contribution in [0, 0.1) is 17.3 Å². The molecule has 1 rings (SSSR count). The van der Waals surface area contributed by atoms with Gasteiger partial charge in [-0.2, -0.15) is 0 Å². The summed E-state index contributed by atoms with van der Waals surface area (Å²) >= 11 is 2.55. The fourth-order valence-corrected chi connectivity index (χ4v) is 4.77. The molecule has 0 heterocycles. The second-order valence-corrected chi connectivity index (χ2v) is 10.2. The van der Waals surface area contributed by atoms with Gasteiger partial charge in [-0.1, -0.05) is 77.0 Å². The maximum atomic E-state index is 6.79. The molecule has 1 saturated carbocycles. The summed E-state index contributed by atoms with van der Waals surface area (Å²) in [5.74, 6) is 1.12. The number of rotatable bonds is 7. The van der Waals surface area contributed by atoms with Crippen molar-refractivity contribution in [3.05, 3.63) is 0 Å². The van der Waals surface area contributed by atoms with E-state index in [-0.39, 0.29) is 11.6 Å². The largest absolute Gasteiger partial charge is 0.372 e. The van der Waals surface area contributed by atoms with Crippen molar-refractivity contribution >= 4 is 22.6 Å². The van der Waals surface area contributed by atoms with Crippen molar-refractivity contribution in [3.8, 4) is 0 Å². The van der Waals surface area contributed by atoms with Crippen LogP contribution < -0.4 is 5.73 Å². The Labute approximate surface area is 152 Å². The number of nitrogens with two attached hydrogens (primary N) is 1. The Morgan fingerprint density at radius 3 is 2.18 bits per heavy atom. The Morgan fingerprint density at radius 1 is 1.14 bits per heavy atom. The van der Waals surface area contributed by atoms with Crippen molar-refractivity contribution in [2.24, 2.45) is 23.0 Å². The summed E-state index contributed by atoms with van der Waals surface area (Å²) in [7, 11) is 0. The molecule has 1 aliphatic carbocycles. The zero-order valence-corrected chi connectivity index (χ0v) is 17.9. The maximum absolute atomic E-state index is 6.79. The van der Waals surface area contributed by atoms with Crippen LogP contribution in [0.3, 0.4) is 0 Å². The molecule has 2 nitrogen and oxygen atoms in total. The van der Waals surface area contributed by atoms with Gasteiger partial charge < -0.3 is 10.5 Å². The van der Waals surface area contributed by atoms with E-state index in [9.17, 15) is 0 Å². The predicted molar refractivity (Wildman–Crippen MR) is 106 cm³/mol. The van der Waals surface area contributed by atoms with E-state index >= 15 is 0 Å². The fraction of sp³-hybridized carbons (Fsp3) is 1.00. The third-order valence-corrected chi connectivity index (χ3v) is 7.43. The van der Waals surface area contributed by atoms with Gasteiger partial charge in [0, 0.05) is 9.46 Å². The van der Waals surface area contributed by atoms with E-state index < -0.39 is 0 Å². The molecule has 2 N–H and O–H groups in total. The van der Waals surface area contributed by atoms with Crippen molar-refractivity contribution in [3.63, 3.8) is 0 Å². The molecule has 4 unspecified atom stereocenters. The highest BCUT2D eigenvalue weighted by atomic mass is 127. The standard InChI is InChI=1S/C19H38INO/c1-8-13(3)19(7,21)17(15(20)9-2)22-16-12-10-11-14(16)18(4,5)6/h13-17H,8-12,21H2,1-7H3/t13-,14?,15?,16?,17-,19?/m0/s1. The second kappa shape index (κ2) is 8.15. The average Bonchev–Trinajstić information content (AvgIpc) is 2.91. The van der Waals surface area contributed by atoms with Gasteiger partial charge in [0.2, 0.25) is 0 Å². The zero-order valence-electron chi connectivity index (χ0n) is 15.8. The lowest BCUT2D eigenvalue weighted by Crippen LogP contribution is -2.58. The SMILES string of the molecule is CCC(I)[C@H](OC1CCCC1C(C)(C)C)C(C)(N)[C@@H](C)CC. The monoisotopic (exact) mass is 423 g/mol. The number of halogens is 1. The molecular formula is C19H38INO. The average molecular weight is 423 g/mol. The van der Waals surface area contributed by atoms with Crippen molar-refractivity contribution < 1.29 is 4.74 Å². The molecule has 0 spiro atoms. The van der Waals surface area contributed by atoms with Crippen LogP contribution in [0.25, 0.3) is 0 Å².